The van der Waals surface area contributed by atoms with Gasteiger partial charge in [0.25, 0.3) is 0 Å². The highest BCUT2D eigenvalue weighted by Crippen LogP contribution is 2.32. The fourth-order valence-electron chi connectivity index (χ4n) is 2.89. The highest BCUT2D eigenvalue weighted by molar-refractivity contribution is 5.34. The van der Waals surface area contributed by atoms with E-state index in [0.717, 1.165) is 30.4 Å². The second kappa shape index (κ2) is 5.86. The van der Waals surface area contributed by atoms with Gasteiger partial charge in [-0.25, -0.2) is 4.39 Å². The summed E-state index contributed by atoms with van der Waals surface area (Å²) in [5, 5.41) is 10.6. The van der Waals surface area contributed by atoms with E-state index < -0.39 is 6.10 Å². The summed E-state index contributed by atoms with van der Waals surface area (Å²) in [6.45, 7) is 1.88. The van der Waals surface area contributed by atoms with Crippen LogP contribution in [0.5, 0.6) is 5.75 Å². The van der Waals surface area contributed by atoms with E-state index in [1.807, 2.05) is 31.2 Å². The molecule has 0 fully saturated rings. The Morgan fingerprint density at radius 2 is 2.00 bits per heavy atom. The molecule has 21 heavy (non-hydrogen) atoms. The Balaban J connectivity index is 1.87. The average molecular weight is 286 g/mol. The maximum absolute atomic E-state index is 13.4. The number of aliphatic hydroxyl groups is 1. The fourth-order valence-corrected chi connectivity index (χ4v) is 2.89. The van der Waals surface area contributed by atoms with Crippen molar-refractivity contribution < 1.29 is 14.2 Å². The van der Waals surface area contributed by atoms with Crippen molar-refractivity contribution in [2.45, 2.75) is 38.4 Å². The van der Waals surface area contributed by atoms with Crippen molar-refractivity contribution in [3.63, 3.8) is 0 Å². The number of hydrogen-bond donors (Lipinski definition) is 1. The molecule has 0 saturated carbocycles. The number of ether oxygens (including phenoxy) is 1. The van der Waals surface area contributed by atoms with Crippen LogP contribution in [0.2, 0.25) is 0 Å². The summed E-state index contributed by atoms with van der Waals surface area (Å²) in [6, 6.07) is 12.4. The largest absolute Gasteiger partial charge is 0.487 e. The minimum atomic E-state index is -0.675. The Hall–Kier alpha value is -1.87. The summed E-state index contributed by atoms with van der Waals surface area (Å²) in [5.41, 5.74) is 2.97. The first-order valence-electron chi connectivity index (χ1n) is 7.34. The molecule has 2 aromatic rings. The van der Waals surface area contributed by atoms with Gasteiger partial charge in [0.1, 0.15) is 23.8 Å². The molecule has 3 heteroatoms. The number of aryl methyl sites for hydroxylation is 2. The molecule has 0 aliphatic heterocycles. The lowest BCUT2D eigenvalue weighted by Crippen LogP contribution is -2.25. The van der Waals surface area contributed by atoms with Crippen LogP contribution in [0.15, 0.2) is 42.5 Å². The Bertz CT molecular complexity index is 639. The van der Waals surface area contributed by atoms with Gasteiger partial charge < -0.3 is 9.84 Å². The first-order valence-corrected chi connectivity index (χ1v) is 7.34. The molecule has 0 aromatic heterocycles. The van der Waals surface area contributed by atoms with Gasteiger partial charge in [0.15, 0.2) is 0 Å². The van der Waals surface area contributed by atoms with E-state index in [1.165, 1.54) is 17.7 Å². The van der Waals surface area contributed by atoms with Gasteiger partial charge in [-0.3, -0.25) is 0 Å². The summed E-state index contributed by atoms with van der Waals surface area (Å²) in [7, 11) is 0. The van der Waals surface area contributed by atoms with E-state index in [9.17, 15) is 9.50 Å². The Labute approximate surface area is 124 Å². The topological polar surface area (TPSA) is 29.5 Å². The zero-order valence-corrected chi connectivity index (χ0v) is 12.1. The molecule has 0 spiro atoms. The molecule has 2 aromatic carbocycles. The van der Waals surface area contributed by atoms with Crippen molar-refractivity contribution in [1.82, 2.24) is 0 Å². The Morgan fingerprint density at radius 3 is 2.86 bits per heavy atom. The van der Waals surface area contributed by atoms with Gasteiger partial charge >= 0.3 is 0 Å². The summed E-state index contributed by atoms with van der Waals surface area (Å²) in [6.07, 6.45) is 1.63. The van der Waals surface area contributed by atoms with Crippen molar-refractivity contribution in [1.29, 1.82) is 0 Å². The van der Waals surface area contributed by atoms with Gasteiger partial charge in [0, 0.05) is 6.07 Å². The molecular weight excluding hydrogens is 267 g/mol. The van der Waals surface area contributed by atoms with E-state index in [1.54, 1.807) is 6.07 Å². The molecule has 0 radical (unpaired) electrons. The molecule has 3 rings (SSSR count). The summed E-state index contributed by atoms with van der Waals surface area (Å²) >= 11 is 0. The van der Waals surface area contributed by atoms with Crippen LogP contribution >= 0.6 is 0 Å². The number of benzene rings is 2. The lowest BCUT2D eigenvalue weighted by molar-refractivity contribution is 0.0315. The van der Waals surface area contributed by atoms with Crippen LogP contribution < -0.4 is 4.74 Å². The van der Waals surface area contributed by atoms with Gasteiger partial charge in [0.05, 0.1) is 0 Å². The van der Waals surface area contributed by atoms with Crippen LogP contribution in [0.3, 0.4) is 0 Å². The number of fused-ring (bicyclic) bond motifs is 1. The van der Waals surface area contributed by atoms with Gasteiger partial charge in [-0.05, 0) is 48.9 Å². The van der Waals surface area contributed by atoms with Crippen molar-refractivity contribution >= 4 is 0 Å². The number of hydrogen-bond acceptors (Lipinski definition) is 2. The second-order valence-corrected chi connectivity index (χ2v) is 5.60. The molecule has 1 N–H and O–H groups in total. The second-order valence-electron chi connectivity index (χ2n) is 5.60. The van der Waals surface area contributed by atoms with Crippen LogP contribution in [0.4, 0.5) is 4.39 Å². The predicted octanol–water partition coefficient (Wildman–Crippen LogP) is 3.95. The highest BCUT2D eigenvalue weighted by atomic mass is 19.1. The van der Waals surface area contributed by atoms with E-state index in [-0.39, 0.29) is 11.9 Å². The maximum Gasteiger partial charge on any atom is 0.129 e. The van der Waals surface area contributed by atoms with Gasteiger partial charge in [-0.15, -0.1) is 0 Å². The van der Waals surface area contributed by atoms with Gasteiger partial charge in [-0.1, -0.05) is 30.3 Å². The van der Waals surface area contributed by atoms with Crippen LogP contribution in [0.25, 0.3) is 0 Å². The van der Waals surface area contributed by atoms with Crippen molar-refractivity contribution in [2.24, 2.45) is 0 Å². The Morgan fingerprint density at radius 1 is 1.19 bits per heavy atom. The molecule has 0 bridgehead atoms. The van der Waals surface area contributed by atoms with Crippen LogP contribution in [0, 0.1) is 12.7 Å². The number of rotatable bonds is 2. The monoisotopic (exact) mass is 286 g/mol. The molecule has 1 aliphatic carbocycles. The third-order valence-corrected chi connectivity index (χ3v) is 4.09. The van der Waals surface area contributed by atoms with Crippen molar-refractivity contribution in [2.75, 3.05) is 0 Å². The Kier molecular flexibility index (Phi) is 3.93. The van der Waals surface area contributed by atoms with Crippen LogP contribution in [-0.2, 0) is 6.42 Å². The average Bonchev–Trinajstić information content (AvgIpc) is 2.64. The molecule has 110 valence electrons. The van der Waals surface area contributed by atoms with Gasteiger partial charge in [-0.2, -0.15) is 0 Å². The first-order chi connectivity index (χ1) is 10.1. The van der Waals surface area contributed by atoms with E-state index in [2.05, 4.69) is 0 Å². The molecule has 2 unspecified atom stereocenters. The minimum Gasteiger partial charge on any atom is -0.487 e. The van der Waals surface area contributed by atoms with Crippen molar-refractivity contribution in [3.05, 3.63) is 65.0 Å². The lowest BCUT2D eigenvalue weighted by atomic mass is 10.00. The summed E-state index contributed by atoms with van der Waals surface area (Å²) < 4.78 is 19.3. The zero-order valence-electron chi connectivity index (χ0n) is 12.1. The van der Waals surface area contributed by atoms with Crippen LogP contribution in [0.1, 0.15) is 35.6 Å². The summed E-state index contributed by atoms with van der Waals surface area (Å²) in [5.74, 6) is 0.192. The standard InChI is InChI=1S/C18H19FO2/c1-12-9-10-14(19)11-17(12)21-16-8-4-6-13-5-2-3-7-15(13)18(16)20/h2-3,5,7,9-11,16,18,20H,4,6,8H2,1H3. The van der Waals surface area contributed by atoms with Crippen LogP contribution in [-0.4, -0.2) is 11.2 Å². The molecule has 1 aliphatic rings. The molecular formula is C18H19FO2. The molecule has 0 saturated heterocycles. The fraction of sp³-hybridized carbons (Fsp3) is 0.333. The zero-order chi connectivity index (χ0) is 14.8. The normalized spacial score (nSPS) is 21.5. The smallest absolute Gasteiger partial charge is 0.129 e. The maximum atomic E-state index is 13.4. The first kappa shape index (κ1) is 14.1. The lowest BCUT2D eigenvalue weighted by Gasteiger charge is -2.24. The minimum absolute atomic E-state index is 0.320. The van der Waals surface area contributed by atoms with Crippen molar-refractivity contribution in [3.8, 4) is 5.75 Å². The molecule has 2 atom stereocenters. The highest BCUT2D eigenvalue weighted by Gasteiger charge is 2.27. The molecule has 0 heterocycles. The van der Waals surface area contributed by atoms with Gasteiger partial charge in [0.2, 0.25) is 0 Å². The van der Waals surface area contributed by atoms with E-state index in [4.69, 9.17) is 4.74 Å². The summed E-state index contributed by atoms with van der Waals surface area (Å²) in [4.78, 5) is 0. The predicted molar refractivity (Wildman–Crippen MR) is 79.9 cm³/mol. The van der Waals surface area contributed by atoms with E-state index >= 15 is 0 Å². The quantitative estimate of drug-likeness (QED) is 0.847. The third-order valence-electron chi connectivity index (χ3n) is 4.09. The number of halogens is 1. The molecule has 0 amide bonds. The molecule has 2 nitrogen and oxygen atoms in total. The third kappa shape index (κ3) is 2.93. The van der Waals surface area contributed by atoms with E-state index in [0.29, 0.717) is 5.75 Å². The SMILES string of the molecule is Cc1ccc(F)cc1OC1CCCc2ccccc2C1O. The number of aliphatic hydroxyl groups excluding tert-OH is 1.